The Balaban J connectivity index is 1.55. The van der Waals surface area contributed by atoms with Gasteiger partial charge in [0.25, 0.3) is 5.56 Å². The molecule has 0 spiro atoms. The van der Waals surface area contributed by atoms with E-state index < -0.39 is 0 Å². The third kappa shape index (κ3) is 4.32. The Hall–Kier alpha value is -2.90. The zero-order valence-corrected chi connectivity index (χ0v) is 18.3. The minimum absolute atomic E-state index is 0.0451. The predicted molar refractivity (Wildman–Crippen MR) is 125 cm³/mol. The van der Waals surface area contributed by atoms with Crippen LogP contribution in [0, 0.1) is 13.8 Å². The van der Waals surface area contributed by atoms with Crippen LogP contribution in [0.2, 0.25) is 0 Å². The molecule has 30 heavy (non-hydrogen) atoms. The molecule has 0 unspecified atom stereocenters. The van der Waals surface area contributed by atoms with E-state index >= 15 is 0 Å². The zero-order chi connectivity index (χ0) is 21.1. The van der Waals surface area contributed by atoms with E-state index in [1.807, 2.05) is 74.5 Å². The number of carbonyl (C=O) groups is 1. The van der Waals surface area contributed by atoms with Crippen molar-refractivity contribution in [3.8, 4) is 0 Å². The number of carbonyl (C=O) groups excluding carboxylic acids is 1. The minimum atomic E-state index is -0.152. The largest absolute Gasteiger partial charge is 0.307 e. The van der Waals surface area contributed by atoms with Crippen molar-refractivity contribution in [2.24, 2.45) is 0 Å². The molecule has 0 aliphatic carbocycles. The summed E-state index contributed by atoms with van der Waals surface area (Å²) in [6.45, 7) is 4.40. The maximum atomic E-state index is 13.1. The molecule has 0 aliphatic rings. The molecule has 152 valence electrons. The van der Waals surface area contributed by atoms with Crippen LogP contribution < -0.4 is 10.5 Å². The van der Waals surface area contributed by atoms with Crippen LogP contribution in [0.5, 0.6) is 0 Å². The Labute approximate surface area is 182 Å². The highest BCUT2D eigenvalue weighted by Gasteiger charge is 2.18. The van der Waals surface area contributed by atoms with Gasteiger partial charge in [0.05, 0.1) is 17.7 Å². The van der Waals surface area contributed by atoms with Gasteiger partial charge in [0.15, 0.2) is 5.16 Å². The lowest BCUT2D eigenvalue weighted by atomic mass is 10.2. The fourth-order valence-corrected chi connectivity index (χ4v) is 5.03. The summed E-state index contributed by atoms with van der Waals surface area (Å²) in [4.78, 5) is 36.5. The molecule has 0 fully saturated rings. The number of amides is 1. The predicted octanol–water partition coefficient (Wildman–Crippen LogP) is 4.93. The van der Waals surface area contributed by atoms with E-state index in [1.54, 1.807) is 4.90 Å². The number of nitrogens with one attached hydrogen (secondary N) is 1. The Bertz CT molecular complexity index is 1230. The molecule has 0 aliphatic heterocycles. The number of nitrogens with zero attached hydrogens (tertiary/aromatic N) is 2. The molecule has 0 atom stereocenters. The average Bonchev–Trinajstić information content (AvgIpc) is 3.05. The molecule has 0 bridgehead atoms. The number of aromatic amines is 1. The Kier molecular flexibility index (Phi) is 6.01. The summed E-state index contributed by atoms with van der Waals surface area (Å²) >= 11 is 2.76. The summed E-state index contributed by atoms with van der Waals surface area (Å²) in [5, 5.41) is 1.11. The zero-order valence-electron chi connectivity index (χ0n) is 16.7. The second-order valence-corrected chi connectivity index (χ2v) is 9.09. The third-order valence-corrected chi connectivity index (χ3v) is 6.86. The number of aromatic nitrogens is 2. The van der Waals surface area contributed by atoms with Crippen LogP contribution in [0.15, 0.2) is 70.6 Å². The van der Waals surface area contributed by atoms with Gasteiger partial charge in [-0.3, -0.25) is 9.59 Å². The van der Waals surface area contributed by atoms with Gasteiger partial charge < -0.3 is 9.88 Å². The lowest BCUT2D eigenvalue weighted by Crippen LogP contribution is -2.32. The number of anilines is 1. The van der Waals surface area contributed by atoms with Crippen molar-refractivity contribution < 1.29 is 4.79 Å². The number of para-hydroxylation sites is 1. The van der Waals surface area contributed by atoms with E-state index in [0.717, 1.165) is 21.7 Å². The van der Waals surface area contributed by atoms with Crippen LogP contribution in [0.1, 0.15) is 16.0 Å². The number of rotatable bonds is 6. The number of H-pyrrole nitrogens is 1. The number of hydrogen-bond donors (Lipinski definition) is 1. The van der Waals surface area contributed by atoms with Crippen LogP contribution in [-0.4, -0.2) is 21.6 Å². The van der Waals surface area contributed by atoms with Crippen LogP contribution in [0.3, 0.4) is 0 Å². The van der Waals surface area contributed by atoms with Crippen molar-refractivity contribution in [2.45, 2.75) is 25.5 Å². The standard InChI is InChI=1S/C23H21N3O2S2/c1-15-16(2)30-22-20(15)21(28)24-23(25-22)29-14-19(27)26(18-11-7-4-8-12-18)13-17-9-5-3-6-10-17/h3-12H,13-14H2,1-2H3,(H,24,25,28). The van der Waals surface area contributed by atoms with Gasteiger partial charge in [0, 0.05) is 10.6 Å². The van der Waals surface area contributed by atoms with Gasteiger partial charge in [-0.25, -0.2) is 4.98 Å². The van der Waals surface area contributed by atoms with Gasteiger partial charge in [-0.2, -0.15) is 0 Å². The summed E-state index contributed by atoms with van der Waals surface area (Å²) in [6.07, 6.45) is 0. The van der Waals surface area contributed by atoms with Gasteiger partial charge in [-0.1, -0.05) is 60.3 Å². The minimum Gasteiger partial charge on any atom is -0.307 e. The first-order valence-corrected chi connectivity index (χ1v) is 11.4. The first-order valence-electron chi connectivity index (χ1n) is 9.55. The first-order chi connectivity index (χ1) is 14.5. The molecular weight excluding hydrogens is 414 g/mol. The normalized spacial score (nSPS) is 11.0. The second kappa shape index (κ2) is 8.85. The average molecular weight is 436 g/mol. The molecule has 0 saturated heterocycles. The molecule has 2 aromatic carbocycles. The Morgan fingerprint density at radius 3 is 2.43 bits per heavy atom. The molecule has 2 aromatic heterocycles. The molecule has 4 rings (SSSR count). The Morgan fingerprint density at radius 2 is 1.73 bits per heavy atom. The van der Waals surface area contributed by atoms with Gasteiger partial charge in [-0.05, 0) is 37.1 Å². The molecule has 5 nitrogen and oxygen atoms in total. The highest BCUT2D eigenvalue weighted by Crippen LogP contribution is 2.27. The quantitative estimate of drug-likeness (QED) is 0.345. The van der Waals surface area contributed by atoms with E-state index in [4.69, 9.17) is 0 Å². The summed E-state index contributed by atoms with van der Waals surface area (Å²) in [5.41, 5.74) is 2.71. The van der Waals surface area contributed by atoms with E-state index in [1.165, 1.54) is 23.1 Å². The van der Waals surface area contributed by atoms with Crippen molar-refractivity contribution in [3.05, 3.63) is 87.0 Å². The fourth-order valence-electron chi connectivity index (χ4n) is 3.21. The molecule has 0 radical (unpaired) electrons. The molecule has 2 heterocycles. The first kappa shape index (κ1) is 20.4. The van der Waals surface area contributed by atoms with E-state index in [0.29, 0.717) is 21.9 Å². The number of aryl methyl sites for hydroxylation is 2. The molecular formula is C23H21N3O2S2. The van der Waals surface area contributed by atoms with E-state index in [2.05, 4.69) is 9.97 Å². The maximum Gasteiger partial charge on any atom is 0.260 e. The molecule has 1 amide bonds. The van der Waals surface area contributed by atoms with Gasteiger partial charge in [0.2, 0.25) is 5.91 Å². The van der Waals surface area contributed by atoms with Crippen LogP contribution in [-0.2, 0) is 11.3 Å². The molecule has 7 heteroatoms. The summed E-state index contributed by atoms with van der Waals surface area (Å²) in [6, 6.07) is 19.5. The smallest absolute Gasteiger partial charge is 0.260 e. The number of benzene rings is 2. The van der Waals surface area contributed by atoms with Gasteiger partial charge in [-0.15, -0.1) is 11.3 Å². The Morgan fingerprint density at radius 1 is 1.07 bits per heavy atom. The van der Waals surface area contributed by atoms with Crippen molar-refractivity contribution in [3.63, 3.8) is 0 Å². The van der Waals surface area contributed by atoms with Gasteiger partial charge >= 0.3 is 0 Å². The van der Waals surface area contributed by atoms with Crippen molar-refractivity contribution in [1.82, 2.24) is 9.97 Å². The lowest BCUT2D eigenvalue weighted by molar-refractivity contribution is -0.116. The van der Waals surface area contributed by atoms with Crippen LogP contribution >= 0.6 is 23.1 Å². The van der Waals surface area contributed by atoms with Gasteiger partial charge in [0.1, 0.15) is 4.83 Å². The SMILES string of the molecule is Cc1sc2nc(SCC(=O)N(Cc3ccccc3)c3ccccc3)[nH]c(=O)c2c1C. The number of thiophene rings is 1. The van der Waals surface area contributed by atoms with Crippen LogP contribution in [0.25, 0.3) is 10.2 Å². The highest BCUT2D eigenvalue weighted by atomic mass is 32.2. The monoisotopic (exact) mass is 435 g/mol. The van der Waals surface area contributed by atoms with Crippen molar-refractivity contribution in [1.29, 1.82) is 0 Å². The molecule has 0 saturated carbocycles. The number of fused-ring (bicyclic) bond motifs is 1. The third-order valence-electron chi connectivity index (χ3n) is 4.90. The molecule has 4 aromatic rings. The van der Waals surface area contributed by atoms with Crippen molar-refractivity contribution in [2.75, 3.05) is 10.7 Å². The summed E-state index contributed by atoms with van der Waals surface area (Å²) < 4.78 is 0. The number of hydrogen-bond acceptors (Lipinski definition) is 5. The summed E-state index contributed by atoms with van der Waals surface area (Å²) in [5.74, 6) is 0.135. The topological polar surface area (TPSA) is 66.1 Å². The van der Waals surface area contributed by atoms with E-state index in [-0.39, 0.29) is 17.2 Å². The second-order valence-electron chi connectivity index (χ2n) is 6.92. The highest BCUT2D eigenvalue weighted by molar-refractivity contribution is 7.99. The lowest BCUT2D eigenvalue weighted by Gasteiger charge is -2.23. The maximum absolute atomic E-state index is 13.1. The van der Waals surface area contributed by atoms with E-state index in [9.17, 15) is 9.59 Å². The van der Waals surface area contributed by atoms with Crippen LogP contribution in [0.4, 0.5) is 5.69 Å². The number of thioether (sulfide) groups is 1. The molecule has 1 N–H and O–H groups in total. The van der Waals surface area contributed by atoms with Crippen molar-refractivity contribution >= 4 is 44.9 Å². The summed E-state index contributed by atoms with van der Waals surface area (Å²) in [7, 11) is 0. The fraction of sp³-hybridized carbons (Fsp3) is 0.174.